The molecule has 0 bridgehead atoms. The molecule has 1 nitrogen and oxygen atoms in total. The van der Waals surface area contributed by atoms with Gasteiger partial charge >= 0.3 is 0 Å². The van der Waals surface area contributed by atoms with E-state index in [9.17, 15) is 0 Å². The molecule has 9 heavy (non-hydrogen) atoms. The molecule has 0 aromatic heterocycles. The minimum absolute atomic E-state index is 0.250. The van der Waals surface area contributed by atoms with Gasteiger partial charge in [-0.05, 0) is 44.4 Å². The number of aliphatic hydroxyl groups excluding tert-OH is 1. The van der Waals surface area contributed by atoms with Crippen molar-refractivity contribution in [1.29, 1.82) is 0 Å². The van der Waals surface area contributed by atoms with E-state index in [-0.39, 0.29) is 6.61 Å². The SMILES string of the molecule is C1CC1C1CC1.CCO. The van der Waals surface area contributed by atoms with Crippen LogP contribution in [-0.2, 0) is 0 Å². The maximum absolute atomic E-state index is 7.57. The lowest BCUT2D eigenvalue weighted by Crippen LogP contribution is -1.70. The summed E-state index contributed by atoms with van der Waals surface area (Å²) in [5, 5.41) is 7.57. The molecule has 54 valence electrons. The Kier molecular flexibility index (Phi) is 2.52. The lowest BCUT2D eigenvalue weighted by molar-refractivity contribution is 0.318. The van der Waals surface area contributed by atoms with Crippen LogP contribution in [0.15, 0.2) is 0 Å². The maximum atomic E-state index is 7.57. The van der Waals surface area contributed by atoms with Crippen molar-refractivity contribution in [2.24, 2.45) is 11.8 Å². The largest absolute Gasteiger partial charge is 0.397 e. The van der Waals surface area contributed by atoms with E-state index in [2.05, 4.69) is 0 Å². The zero-order valence-corrected chi connectivity index (χ0v) is 6.14. The minimum atomic E-state index is 0.250. The third kappa shape index (κ3) is 2.85. The molecule has 0 aromatic carbocycles. The first-order chi connectivity index (χ1) is 4.38. The first-order valence-electron chi connectivity index (χ1n) is 3.99. The van der Waals surface area contributed by atoms with Crippen LogP contribution in [0.4, 0.5) is 0 Å². The molecular weight excluding hydrogens is 112 g/mol. The van der Waals surface area contributed by atoms with Crippen LogP contribution in [0.5, 0.6) is 0 Å². The highest BCUT2D eigenvalue weighted by atomic mass is 16.2. The number of hydrogen-bond acceptors (Lipinski definition) is 1. The molecule has 0 aliphatic heterocycles. The molecular formula is C8H16O. The van der Waals surface area contributed by atoms with Crippen LogP contribution < -0.4 is 0 Å². The average molecular weight is 128 g/mol. The van der Waals surface area contributed by atoms with Crippen molar-refractivity contribution < 1.29 is 5.11 Å². The first kappa shape index (κ1) is 7.07. The van der Waals surface area contributed by atoms with Crippen LogP contribution in [-0.4, -0.2) is 11.7 Å². The fourth-order valence-corrected chi connectivity index (χ4v) is 1.14. The summed E-state index contributed by atoms with van der Waals surface area (Å²) >= 11 is 0. The summed E-state index contributed by atoms with van der Waals surface area (Å²) in [5.41, 5.74) is 0. The van der Waals surface area contributed by atoms with Crippen LogP contribution in [0.1, 0.15) is 32.6 Å². The van der Waals surface area contributed by atoms with E-state index in [0.29, 0.717) is 0 Å². The molecule has 2 saturated carbocycles. The van der Waals surface area contributed by atoms with Crippen LogP contribution in [0.2, 0.25) is 0 Å². The van der Waals surface area contributed by atoms with Gasteiger partial charge in [-0.1, -0.05) is 0 Å². The molecule has 0 saturated heterocycles. The topological polar surface area (TPSA) is 20.2 Å². The third-order valence-corrected chi connectivity index (χ3v) is 1.91. The van der Waals surface area contributed by atoms with Crippen LogP contribution in [0.3, 0.4) is 0 Å². The Morgan fingerprint density at radius 3 is 1.44 bits per heavy atom. The monoisotopic (exact) mass is 128 g/mol. The van der Waals surface area contributed by atoms with Gasteiger partial charge in [-0.15, -0.1) is 0 Å². The normalized spacial score (nSPS) is 24.7. The van der Waals surface area contributed by atoms with E-state index in [1.807, 2.05) is 0 Å². The maximum Gasteiger partial charge on any atom is 0.0402 e. The van der Waals surface area contributed by atoms with E-state index in [1.54, 1.807) is 32.6 Å². The first-order valence-corrected chi connectivity index (χ1v) is 3.99. The van der Waals surface area contributed by atoms with E-state index >= 15 is 0 Å². The molecule has 0 radical (unpaired) electrons. The highest BCUT2D eigenvalue weighted by Crippen LogP contribution is 2.49. The Balaban J connectivity index is 0.000000120. The zero-order valence-electron chi connectivity index (χ0n) is 6.14. The fraction of sp³-hybridized carbons (Fsp3) is 1.00. The molecule has 1 N–H and O–H groups in total. The molecule has 0 unspecified atom stereocenters. The van der Waals surface area contributed by atoms with Crippen molar-refractivity contribution >= 4 is 0 Å². The van der Waals surface area contributed by atoms with E-state index in [4.69, 9.17) is 5.11 Å². The van der Waals surface area contributed by atoms with E-state index in [1.165, 1.54) is 11.8 Å². The molecule has 2 aliphatic rings. The molecule has 0 aromatic rings. The van der Waals surface area contributed by atoms with Gasteiger partial charge in [0.2, 0.25) is 0 Å². The standard InChI is InChI=1S/C6H10.C2H6O/c1-2-5(1)6-3-4-6;1-2-3/h5-6H,1-4H2;3H,2H2,1H3. The van der Waals surface area contributed by atoms with Crippen molar-refractivity contribution in [2.75, 3.05) is 6.61 Å². The minimum Gasteiger partial charge on any atom is -0.397 e. The summed E-state index contributed by atoms with van der Waals surface area (Å²) in [5.74, 6) is 2.43. The van der Waals surface area contributed by atoms with Gasteiger partial charge in [-0.25, -0.2) is 0 Å². The molecule has 0 spiro atoms. The van der Waals surface area contributed by atoms with Gasteiger partial charge < -0.3 is 5.11 Å². The lowest BCUT2D eigenvalue weighted by atomic mass is 10.3. The van der Waals surface area contributed by atoms with Crippen molar-refractivity contribution in [3.63, 3.8) is 0 Å². The quantitative estimate of drug-likeness (QED) is 0.571. The van der Waals surface area contributed by atoms with Gasteiger partial charge in [-0.2, -0.15) is 0 Å². The molecule has 2 rings (SSSR count). The molecule has 2 fully saturated rings. The van der Waals surface area contributed by atoms with Gasteiger partial charge in [-0.3, -0.25) is 0 Å². The number of hydrogen-bond donors (Lipinski definition) is 1. The molecule has 2 aliphatic carbocycles. The van der Waals surface area contributed by atoms with Crippen LogP contribution in [0, 0.1) is 11.8 Å². The Labute approximate surface area is 57.1 Å². The van der Waals surface area contributed by atoms with E-state index < -0.39 is 0 Å². The van der Waals surface area contributed by atoms with Crippen molar-refractivity contribution in [2.45, 2.75) is 32.6 Å². The van der Waals surface area contributed by atoms with Crippen molar-refractivity contribution in [1.82, 2.24) is 0 Å². The summed E-state index contributed by atoms with van der Waals surface area (Å²) < 4.78 is 0. The predicted octanol–water partition coefficient (Wildman–Crippen LogP) is 1.81. The lowest BCUT2D eigenvalue weighted by Gasteiger charge is -1.77. The average Bonchev–Trinajstić information content (AvgIpc) is 2.63. The second kappa shape index (κ2) is 3.21. The van der Waals surface area contributed by atoms with Crippen molar-refractivity contribution in [3.05, 3.63) is 0 Å². The van der Waals surface area contributed by atoms with Crippen LogP contribution >= 0.6 is 0 Å². The Morgan fingerprint density at radius 1 is 1.11 bits per heavy atom. The highest BCUT2D eigenvalue weighted by Gasteiger charge is 2.37. The third-order valence-electron chi connectivity index (χ3n) is 1.91. The van der Waals surface area contributed by atoms with Gasteiger partial charge in [0.05, 0.1) is 0 Å². The summed E-state index contributed by atoms with van der Waals surface area (Å²) in [4.78, 5) is 0. The molecule has 0 amide bonds. The van der Waals surface area contributed by atoms with Crippen LogP contribution in [0.25, 0.3) is 0 Å². The summed E-state index contributed by atoms with van der Waals surface area (Å²) in [7, 11) is 0. The van der Waals surface area contributed by atoms with Gasteiger partial charge in [0.15, 0.2) is 0 Å². The Bertz CT molecular complexity index is 62.6. The molecule has 0 heterocycles. The smallest absolute Gasteiger partial charge is 0.0402 e. The fourth-order valence-electron chi connectivity index (χ4n) is 1.14. The van der Waals surface area contributed by atoms with Crippen molar-refractivity contribution in [3.8, 4) is 0 Å². The molecule has 0 atom stereocenters. The number of aliphatic hydroxyl groups is 1. The number of rotatable bonds is 1. The van der Waals surface area contributed by atoms with E-state index in [0.717, 1.165) is 0 Å². The highest BCUT2D eigenvalue weighted by molar-refractivity contribution is 4.89. The second-order valence-electron chi connectivity index (χ2n) is 2.99. The summed E-state index contributed by atoms with van der Waals surface area (Å²) in [6, 6.07) is 0. The summed E-state index contributed by atoms with van der Waals surface area (Å²) in [6.45, 7) is 1.93. The van der Waals surface area contributed by atoms with Gasteiger partial charge in [0.25, 0.3) is 0 Å². The second-order valence-corrected chi connectivity index (χ2v) is 2.99. The Morgan fingerprint density at radius 2 is 1.33 bits per heavy atom. The van der Waals surface area contributed by atoms with Gasteiger partial charge in [0, 0.05) is 6.61 Å². The Hall–Kier alpha value is -0.0400. The zero-order chi connectivity index (χ0) is 6.69. The summed E-state index contributed by atoms with van der Waals surface area (Å²) in [6.07, 6.45) is 6.24. The molecule has 1 heteroatoms. The van der Waals surface area contributed by atoms with Gasteiger partial charge in [0.1, 0.15) is 0 Å². The predicted molar refractivity (Wildman–Crippen MR) is 38.2 cm³/mol.